The number of nitrogens with one attached hydrogen (secondary N) is 2. The van der Waals surface area contributed by atoms with Gasteiger partial charge in [-0.05, 0) is 69.1 Å². The molecule has 2 aliphatic rings. The molecule has 40 heavy (non-hydrogen) atoms. The highest BCUT2D eigenvalue weighted by molar-refractivity contribution is 6.08. The van der Waals surface area contributed by atoms with Crippen LogP contribution in [0.4, 0.5) is 5.95 Å². The first-order chi connectivity index (χ1) is 19.2. The molecule has 3 aromatic rings. The lowest BCUT2D eigenvalue weighted by atomic mass is 10.0. The van der Waals surface area contributed by atoms with Gasteiger partial charge in [-0.1, -0.05) is 6.07 Å². The minimum Gasteiger partial charge on any atom is -0.352 e. The third kappa shape index (κ3) is 5.88. The zero-order chi connectivity index (χ0) is 28.4. The number of hydrogen-bond acceptors (Lipinski definition) is 6. The Morgan fingerprint density at radius 2 is 1.75 bits per heavy atom. The van der Waals surface area contributed by atoms with E-state index in [0.717, 1.165) is 63.1 Å². The molecular weight excluding hydrogens is 506 g/mol. The molecule has 0 radical (unpaired) electrons. The predicted molar refractivity (Wildman–Crippen MR) is 156 cm³/mol. The Hall–Kier alpha value is -3.76. The summed E-state index contributed by atoms with van der Waals surface area (Å²) in [4.78, 5) is 50.7. The monoisotopic (exact) mass is 545 g/mol. The zero-order valence-corrected chi connectivity index (χ0v) is 23.9. The van der Waals surface area contributed by atoms with Gasteiger partial charge in [-0.3, -0.25) is 24.6 Å². The van der Waals surface area contributed by atoms with Crippen LogP contribution in [-0.2, 0) is 6.54 Å². The van der Waals surface area contributed by atoms with Gasteiger partial charge in [0.2, 0.25) is 5.95 Å². The van der Waals surface area contributed by atoms with Crippen LogP contribution in [0.3, 0.4) is 0 Å². The molecule has 3 heterocycles. The summed E-state index contributed by atoms with van der Waals surface area (Å²) in [7, 11) is 5.65. The Balaban J connectivity index is 1.61. The number of nitrogens with zero attached hydrogens (tertiary/aromatic N) is 5. The standard InChI is InChI=1S/C30H39N7O3/c1-20-8-5-6-11-31-27(38)22-9-7-10-23(18-22)28(39)33-30-32-25-17-21(19-36-14-12-35(4)13-15-36)16-24(26(25)37(20)30)29(40)34(2)3/h7,9-10,16-18,20H,5-6,8,11-15,19H2,1-4H3,(H,31,38)(H,32,33,39)/t20-/m0/s1. The van der Waals surface area contributed by atoms with Crippen molar-refractivity contribution in [3.8, 4) is 0 Å². The Morgan fingerprint density at radius 1 is 1.02 bits per heavy atom. The van der Waals surface area contributed by atoms with Gasteiger partial charge >= 0.3 is 0 Å². The van der Waals surface area contributed by atoms with E-state index in [-0.39, 0.29) is 23.8 Å². The molecule has 10 nitrogen and oxygen atoms in total. The van der Waals surface area contributed by atoms with Gasteiger partial charge in [-0.25, -0.2) is 4.98 Å². The van der Waals surface area contributed by atoms with Crippen molar-refractivity contribution < 1.29 is 14.4 Å². The van der Waals surface area contributed by atoms with Gasteiger partial charge in [-0.15, -0.1) is 0 Å². The van der Waals surface area contributed by atoms with Crippen LogP contribution in [0.2, 0.25) is 0 Å². The fourth-order valence-corrected chi connectivity index (χ4v) is 5.54. The van der Waals surface area contributed by atoms with Gasteiger partial charge in [0.15, 0.2) is 0 Å². The van der Waals surface area contributed by atoms with Gasteiger partial charge in [0.1, 0.15) is 0 Å². The van der Waals surface area contributed by atoms with E-state index in [1.165, 1.54) is 0 Å². The average molecular weight is 546 g/mol. The summed E-state index contributed by atoms with van der Waals surface area (Å²) in [5.74, 6) is -0.231. The molecule has 1 atom stereocenters. The van der Waals surface area contributed by atoms with E-state index < -0.39 is 0 Å². The number of hydrogen-bond donors (Lipinski definition) is 2. The van der Waals surface area contributed by atoms with Gasteiger partial charge < -0.3 is 19.7 Å². The van der Waals surface area contributed by atoms with Crippen molar-refractivity contribution in [3.05, 3.63) is 58.7 Å². The highest BCUT2D eigenvalue weighted by Crippen LogP contribution is 2.32. The molecule has 0 aliphatic carbocycles. The molecule has 0 saturated carbocycles. The Labute approximate surface area is 235 Å². The first-order valence-corrected chi connectivity index (χ1v) is 14.1. The van der Waals surface area contributed by atoms with E-state index in [1.807, 2.05) is 10.6 Å². The summed E-state index contributed by atoms with van der Waals surface area (Å²) in [6.45, 7) is 7.33. The molecule has 1 fully saturated rings. The normalized spacial score (nSPS) is 19.4. The van der Waals surface area contributed by atoms with Crippen molar-refractivity contribution in [2.75, 3.05) is 59.2 Å². The van der Waals surface area contributed by atoms with Crippen LogP contribution in [0.1, 0.15) is 68.9 Å². The number of imidazole rings is 1. The van der Waals surface area contributed by atoms with Crippen LogP contribution in [0.25, 0.3) is 11.0 Å². The second-order valence-electron chi connectivity index (χ2n) is 11.2. The number of carbonyl (C=O) groups is 3. The van der Waals surface area contributed by atoms with Crippen LogP contribution in [-0.4, -0.2) is 95.8 Å². The van der Waals surface area contributed by atoms with Crippen molar-refractivity contribution in [2.24, 2.45) is 0 Å². The fraction of sp³-hybridized carbons (Fsp3) is 0.467. The molecule has 1 saturated heterocycles. The van der Waals surface area contributed by atoms with E-state index >= 15 is 0 Å². The summed E-state index contributed by atoms with van der Waals surface area (Å²) >= 11 is 0. The zero-order valence-electron chi connectivity index (χ0n) is 23.9. The Kier molecular flexibility index (Phi) is 8.18. The maximum Gasteiger partial charge on any atom is 0.257 e. The molecule has 2 aromatic carbocycles. The minimum atomic E-state index is -0.353. The predicted octanol–water partition coefficient (Wildman–Crippen LogP) is 3.21. The molecule has 2 aliphatic heterocycles. The number of rotatable bonds is 3. The highest BCUT2D eigenvalue weighted by Gasteiger charge is 2.26. The van der Waals surface area contributed by atoms with Crippen molar-refractivity contribution >= 4 is 34.7 Å². The van der Waals surface area contributed by atoms with E-state index in [4.69, 9.17) is 4.98 Å². The fourth-order valence-electron chi connectivity index (χ4n) is 5.54. The number of anilines is 1. The van der Waals surface area contributed by atoms with Crippen molar-refractivity contribution in [3.63, 3.8) is 0 Å². The molecule has 0 unspecified atom stereocenters. The Morgan fingerprint density at radius 3 is 2.48 bits per heavy atom. The maximum absolute atomic E-state index is 13.5. The van der Waals surface area contributed by atoms with Crippen LogP contribution >= 0.6 is 0 Å². The van der Waals surface area contributed by atoms with Crippen molar-refractivity contribution in [1.29, 1.82) is 0 Å². The average Bonchev–Trinajstić information content (AvgIpc) is 3.30. The summed E-state index contributed by atoms with van der Waals surface area (Å²) < 4.78 is 2.01. The molecule has 2 N–H and O–H groups in total. The van der Waals surface area contributed by atoms with E-state index in [1.54, 1.807) is 43.3 Å². The number of fused-ring (bicyclic) bond motifs is 5. The lowest BCUT2D eigenvalue weighted by Gasteiger charge is -2.32. The third-order valence-electron chi connectivity index (χ3n) is 7.87. The SMILES string of the molecule is C[C@H]1CCCCNC(=O)c2cccc(c2)C(=O)Nc2nc3cc(CN4CCN(C)CC4)cc(C(=O)N(C)C)c3n21. The maximum atomic E-state index is 13.5. The van der Waals surface area contributed by atoms with Gasteiger partial charge in [-0.2, -0.15) is 0 Å². The molecule has 0 spiro atoms. The van der Waals surface area contributed by atoms with Gasteiger partial charge in [0.05, 0.1) is 16.6 Å². The largest absolute Gasteiger partial charge is 0.352 e. The number of likely N-dealkylation sites (N-methyl/N-ethyl adjacent to an activating group) is 1. The Bertz CT molecular complexity index is 1420. The first-order valence-electron chi connectivity index (χ1n) is 14.1. The molecular formula is C30H39N7O3. The summed E-state index contributed by atoms with van der Waals surface area (Å²) in [6.07, 6.45) is 2.49. The van der Waals surface area contributed by atoms with E-state index in [0.29, 0.717) is 34.7 Å². The number of amides is 3. The van der Waals surface area contributed by atoms with Crippen LogP contribution < -0.4 is 10.6 Å². The summed E-state index contributed by atoms with van der Waals surface area (Å²) in [5.41, 5.74) is 3.85. The van der Waals surface area contributed by atoms with Crippen LogP contribution in [0.5, 0.6) is 0 Å². The highest BCUT2D eigenvalue weighted by atomic mass is 16.2. The molecule has 1 aromatic heterocycles. The number of carbonyl (C=O) groups excluding carboxylic acids is 3. The smallest absolute Gasteiger partial charge is 0.257 e. The lowest BCUT2D eigenvalue weighted by Crippen LogP contribution is -2.43. The summed E-state index contributed by atoms with van der Waals surface area (Å²) in [5, 5.41) is 5.95. The molecule has 3 amide bonds. The third-order valence-corrected chi connectivity index (χ3v) is 7.87. The lowest BCUT2D eigenvalue weighted by molar-refractivity contribution is 0.0828. The molecule has 5 rings (SSSR count). The summed E-state index contributed by atoms with van der Waals surface area (Å²) in [6, 6.07) is 10.7. The minimum absolute atomic E-state index is 0.0394. The van der Waals surface area contributed by atoms with Crippen LogP contribution in [0.15, 0.2) is 36.4 Å². The van der Waals surface area contributed by atoms with Crippen molar-refractivity contribution in [1.82, 2.24) is 29.6 Å². The number of piperazine rings is 1. The first kappa shape index (κ1) is 27.8. The van der Waals surface area contributed by atoms with Gasteiger partial charge in [0.25, 0.3) is 17.7 Å². The topological polar surface area (TPSA) is 103 Å². The number of aromatic nitrogens is 2. The second kappa shape index (κ2) is 11.8. The van der Waals surface area contributed by atoms with E-state index in [9.17, 15) is 14.4 Å². The second-order valence-corrected chi connectivity index (χ2v) is 11.2. The molecule has 2 bridgehead atoms. The van der Waals surface area contributed by atoms with Crippen LogP contribution in [0, 0.1) is 0 Å². The van der Waals surface area contributed by atoms with E-state index in [2.05, 4.69) is 40.5 Å². The molecule has 10 heteroatoms. The van der Waals surface area contributed by atoms with Crippen molar-refractivity contribution in [2.45, 2.75) is 38.8 Å². The molecule has 212 valence electrons. The number of benzene rings is 2. The van der Waals surface area contributed by atoms with Gasteiger partial charge in [0, 0.05) is 70.5 Å². The quantitative estimate of drug-likeness (QED) is 0.524.